The molecule has 0 aliphatic heterocycles. The summed E-state index contributed by atoms with van der Waals surface area (Å²) in [5, 5.41) is 10.0. The second kappa shape index (κ2) is 24.5. The van der Waals surface area contributed by atoms with Crippen molar-refractivity contribution < 1.29 is 33.9 Å². The standard InChI is InChI=1S/C16H36N.C8H12.C5H4N2O4.Rh/c1-5-9-13-17(14-10-6-2,15-11-7-3)16-12-8-4;1-2-4-6-8-7-5-3-1;8-3-1-2(4(9)10)6-5(11)7-3;/h5-16H2,1-4H3;1-2,7-8H,3-6H2;1H,(H3,6,7,8,9,10,11);/q+1;;;/p-2/b;2-1-,8-7-;;. The normalized spacial score (nSPS) is 14.4. The number of aromatic carboxylic acids is 1. The van der Waals surface area contributed by atoms with Crippen molar-refractivity contribution in [3.63, 3.8) is 0 Å². The van der Waals surface area contributed by atoms with E-state index in [1.807, 2.05) is 0 Å². The Hall–Kier alpha value is -1.79. The summed E-state index contributed by atoms with van der Waals surface area (Å²) < 4.78 is 1.42. The van der Waals surface area contributed by atoms with Crippen molar-refractivity contribution in [2.24, 2.45) is 0 Å². The molecule has 0 atom stereocenters. The number of allylic oxidation sites excluding steroid dienone is 4. The second-order valence-corrected chi connectivity index (χ2v) is 9.47. The minimum absolute atomic E-state index is 0. The third kappa shape index (κ3) is 19.9. The molecular weight excluding hydrogens is 557 g/mol. The zero-order valence-corrected chi connectivity index (χ0v) is 25.2. The fraction of sp³-hybridized carbons (Fsp3) is 0.690. The monoisotopic (exact) mass is 607 g/mol. The van der Waals surface area contributed by atoms with E-state index in [0.717, 1.165) is 0 Å². The molecule has 2 rings (SSSR count). The predicted octanol–water partition coefficient (Wildman–Crippen LogP) is 4.73. The number of unbranched alkanes of at least 4 members (excludes halogenated alkanes) is 4. The van der Waals surface area contributed by atoms with Crippen LogP contribution in [0.3, 0.4) is 0 Å². The van der Waals surface area contributed by atoms with Gasteiger partial charge in [0.05, 0.1) is 32.1 Å². The molecule has 0 unspecified atom stereocenters. The van der Waals surface area contributed by atoms with Crippen molar-refractivity contribution in [1.82, 2.24) is 9.97 Å². The van der Waals surface area contributed by atoms with Gasteiger partial charge in [0.25, 0.3) is 0 Å². The molecule has 0 spiro atoms. The minimum Gasteiger partial charge on any atom is -0.545 e. The maximum atomic E-state index is 10.4. The molecule has 0 amide bonds. The number of hydrogen-bond acceptors (Lipinski definition) is 4. The van der Waals surface area contributed by atoms with E-state index >= 15 is 0 Å². The maximum Gasteiger partial charge on any atom is 0.171 e. The number of nitrogens with one attached hydrogen (secondary N) is 1. The van der Waals surface area contributed by atoms with Gasteiger partial charge in [-0.2, -0.15) is 0 Å². The third-order valence-corrected chi connectivity index (χ3v) is 6.21. The average Bonchev–Trinajstić information content (AvgIpc) is 2.83. The number of carbonyl (C=O) groups is 1. The summed E-state index contributed by atoms with van der Waals surface area (Å²) in [5.41, 5.74) is -2.44. The van der Waals surface area contributed by atoms with Crippen molar-refractivity contribution in [2.45, 2.75) is 105 Å². The van der Waals surface area contributed by atoms with Gasteiger partial charge in [-0.3, -0.25) is 9.59 Å². The van der Waals surface area contributed by atoms with Gasteiger partial charge in [0.2, 0.25) is 0 Å². The van der Waals surface area contributed by atoms with Crippen molar-refractivity contribution in [3.8, 4) is 0 Å². The molecule has 8 heteroatoms. The topological polar surface area (TPSA) is 104 Å². The Morgan fingerprint density at radius 3 is 1.41 bits per heavy atom. The Kier molecular flexibility index (Phi) is 24.8. The van der Waals surface area contributed by atoms with Crippen LogP contribution in [0.1, 0.15) is 115 Å². The van der Waals surface area contributed by atoms with Gasteiger partial charge in [-0.25, -0.2) is 0 Å². The number of nitrogens with zero attached hydrogens (tertiary/aromatic N) is 2. The molecule has 1 N–H and O–H groups in total. The van der Waals surface area contributed by atoms with Crippen LogP contribution < -0.4 is 21.3 Å². The number of H-pyrrole nitrogens is 1. The number of aromatic amines is 1. The van der Waals surface area contributed by atoms with Crippen LogP contribution in [0, 0.1) is 0 Å². The van der Waals surface area contributed by atoms with Crippen LogP contribution in [0.4, 0.5) is 0 Å². The molecule has 0 bridgehead atoms. The van der Waals surface area contributed by atoms with E-state index < -0.39 is 22.9 Å². The minimum atomic E-state index is -1.65. The number of carboxylic acid groups (broad SMARTS) is 1. The zero-order valence-electron chi connectivity index (χ0n) is 23.6. The third-order valence-electron chi connectivity index (χ3n) is 6.21. The van der Waals surface area contributed by atoms with E-state index in [2.05, 4.69) is 57.0 Å². The Morgan fingerprint density at radius 2 is 1.14 bits per heavy atom. The number of rotatable bonds is 13. The number of hydrogen-bond donors (Lipinski definition) is 1. The van der Waals surface area contributed by atoms with E-state index in [0.29, 0.717) is 6.07 Å². The molecule has 7 nitrogen and oxygen atoms in total. The van der Waals surface area contributed by atoms with E-state index in [-0.39, 0.29) is 19.5 Å². The predicted molar refractivity (Wildman–Crippen MR) is 147 cm³/mol. The Balaban J connectivity index is 0. The molecule has 1 aliphatic rings. The van der Waals surface area contributed by atoms with Crippen LogP contribution >= 0.6 is 0 Å². The van der Waals surface area contributed by atoms with Crippen LogP contribution in [0.2, 0.25) is 0 Å². The molecule has 0 aromatic carbocycles. The van der Waals surface area contributed by atoms with Gasteiger partial charge in [-0.15, -0.1) is 0 Å². The summed E-state index contributed by atoms with van der Waals surface area (Å²) in [7, 11) is 0. The van der Waals surface area contributed by atoms with Crippen LogP contribution in [-0.4, -0.2) is 41.6 Å². The molecule has 1 heterocycles. The summed E-state index contributed by atoms with van der Waals surface area (Å²) in [6, 6.07) is 0.677. The molecule has 37 heavy (non-hydrogen) atoms. The number of carboxylic acids is 1. The molecule has 215 valence electrons. The first kappa shape index (κ1) is 37.4. The second-order valence-electron chi connectivity index (χ2n) is 9.47. The fourth-order valence-corrected chi connectivity index (χ4v) is 4.04. The summed E-state index contributed by atoms with van der Waals surface area (Å²) in [6.45, 7) is 15.0. The van der Waals surface area contributed by atoms with Crippen LogP contribution in [0.15, 0.2) is 40.0 Å². The molecule has 0 saturated carbocycles. The van der Waals surface area contributed by atoms with Gasteiger partial charge in [-0.05, 0) is 63.1 Å². The maximum absolute atomic E-state index is 10.4. The molecular formula is C29H50N3O4Rh-. The van der Waals surface area contributed by atoms with Gasteiger partial charge < -0.3 is 24.4 Å². The first-order chi connectivity index (χ1) is 17.3. The van der Waals surface area contributed by atoms with Crippen LogP contribution in [-0.2, 0) is 19.5 Å². The number of carbonyl (C=O) groups excluding carboxylic acids is 1. The quantitative estimate of drug-likeness (QED) is 0.198. The van der Waals surface area contributed by atoms with Crippen molar-refractivity contribution in [3.05, 3.63) is 56.9 Å². The fourth-order valence-electron chi connectivity index (χ4n) is 4.04. The van der Waals surface area contributed by atoms with E-state index in [1.54, 1.807) is 4.98 Å². The summed E-state index contributed by atoms with van der Waals surface area (Å²) in [6.07, 6.45) is 25.1. The van der Waals surface area contributed by atoms with Crippen LogP contribution in [0.5, 0.6) is 0 Å². The smallest absolute Gasteiger partial charge is 0.171 e. The zero-order chi connectivity index (χ0) is 27.1. The Labute approximate surface area is 237 Å². The summed E-state index contributed by atoms with van der Waals surface area (Å²) in [5.74, 6) is -1.65. The van der Waals surface area contributed by atoms with Crippen molar-refractivity contribution in [1.29, 1.82) is 0 Å². The van der Waals surface area contributed by atoms with Gasteiger partial charge in [-0.1, -0.05) is 77.7 Å². The molecule has 0 fully saturated rings. The SMILES string of the molecule is C1=C\CC/C=C\CC/1.CCCC[N+](CCCC)(CCCC)CCCC.O=C([O-])c1cc(=O)[nH]c(=O)[n-]1.[Rh]. The number of aromatic nitrogens is 2. The first-order valence-electron chi connectivity index (χ1n) is 14.0. The Morgan fingerprint density at radius 1 is 0.784 bits per heavy atom. The summed E-state index contributed by atoms with van der Waals surface area (Å²) in [4.78, 5) is 35.5. The van der Waals surface area contributed by atoms with E-state index in [9.17, 15) is 19.5 Å². The number of quaternary nitrogens is 1. The van der Waals surface area contributed by atoms with Crippen LogP contribution in [0.25, 0.3) is 0 Å². The van der Waals surface area contributed by atoms with E-state index in [4.69, 9.17) is 0 Å². The van der Waals surface area contributed by atoms with Gasteiger partial charge in [0, 0.05) is 19.5 Å². The molecule has 1 aromatic rings. The van der Waals surface area contributed by atoms with E-state index in [1.165, 1.54) is 108 Å². The molecule has 1 radical (unpaired) electrons. The van der Waals surface area contributed by atoms with Crippen molar-refractivity contribution in [2.75, 3.05) is 26.2 Å². The van der Waals surface area contributed by atoms with Gasteiger partial charge >= 0.3 is 0 Å². The van der Waals surface area contributed by atoms with Gasteiger partial charge in [0.1, 0.15) is 0 Å². The largest absolute Gasteiger partial charge is 0.545 e. The average molecular weight is 608 g/mol. The first-order valence-corrected chi connectivity index (χ1v) is 14.0. The Bertz CT molecular complexity index is 769. The summed E-state index contributed by atoms with van der Waals surface area (Å²) >= 11 is 0. The van der Waals surface area contributed by atoms with Gasteiger partial charge in [0.15, 0.2) is 11.2 Å². The van der Waals surface area contributed by atoms with Crippen molar-refractivity contribution >= 4 is 5.97 Å². The molecule has 0 saturated heterocycles. The molecule has 1 aliphatic carbocycles. The molecule has 1 aromatic heterocycles.